The topological polar surface area (TPSA) is 40.5 Å². The Balaban J connectivity index is 1.85. The maximum Gasteiger partial charge on any atom is 0.488 e. The zero-order chi connectivity index (χ0) is 17.7. The largest absolute Gasteiger partial charge is 0.488 e. The van der Waals surface area contributed by atoms with Gasteiger partial charge in [-0.1, -0.05) is 60.7 Å². The van der Waals surface area contributed by atoms with Gasteiger partial charge in [0.25, 0.3) is 0 Å². The second-order valence-corrected chi connectivity index (χ2v) is 7.56. The van der Waals surface area contributed by atoms with E-state index in [9.17, 15) is 10.0 Å². The second-order valence-electron chi connectivity index (χ2n) is 6.48. The molecule has 0 bridgehead atoms. The Morgan fingerprint density at radius 2 is 1.46 bits per heavy atom. The van der Waals surface area contributed by atoms with Gasteiger partial charge < -0.3 is 10.0 Å². The van der Waals surface area contributed by atoms with Crippen molar-refractivity contribution < 1.29 is 10.0 Å². The molecule has 5 rings (SSSR count). The van der Waals surface area contributed by atoms with Crippen molar-refractivity contribution in [2.45, 2.75) is 0 Å². The fraction of sp³-hybridized carbons (Fsp3) is 0. The number of fused-ring (bicyclic) bond motifs is 4. The van der Waals surface area contributed by atoms with Gasteiger partial charge in [-0.25, -0.2) is 0 Å². The molecule has 1 aromatic heterocycles. The van der Waals surface area contributed by atoms with Gasteiger partial charge in [-0.05, 0) is 45.6 Å². The van der Waals surface area contributed by atoms with Crippen molar-refractivity contribution in [3.63, 3.8) is 0 Å². The van der Waals surface area contributed by atoms with Gasteiger partial charge in [0.15, 0.2) is 0 Å². The molecule has 4 heteroatoms. The third-order valence-electron chi connectivity index (χ3n) is 4.86. The molecule has 2 nitrogen and oxygen atoms in total. The third kappa shape index (κ3) is 2.43. The molecule has 0 atom stereocenters. The van der Waals surface area contributed by atoms with Crippen molar-refractivity contribution >= 4 is 54.9 Å². The number of thiophene rings is 1. The Morgan fingerprint density at radius 1 is 0.692 bits per heavy atom. The molecular formula is C22H15BO2S. The summed E-state index contributed by atoms with van der Waals surface area (Å²) in [5.41, 5.74) is 2.62. The Morgan fingerprint density at radius 3 is 2.27 bits per heavy atom. The van der Waals surface area contributed by atoms with Gasteiger partial charge in [0.2, 0.25) is 0 Å². The molecule has 0 saturated heterocycles. The van der Waals surface area contributed by atoms with E-state index in [1.807, 2.05) is 18.2 Å². The van der Waals surface area contributed by atoms with E-state index in [0.29, 0.717) is 5.46 Å². The average Bonchev–Trinajstić information content (AvgIpc) is 3.03. The van der Waals surface area contributed by atoms with Gasteiger partial charge >= 0.3 is 7.12 Å². The lowest BCUT2D eigenvalue weighted by Gasteiger charge is -2.07. The molecule has 0 aliphatic rings. The van der Waals surface area contributed by atoms with E-state index in [-0.39, 0.29) is 0 Å². The second kappa shape index (κ2) is 5.96. The van der Waals surface area contributed by atoms with Gasteiger partial charge in [0, 0.05) is 20.2 Å². The zero-order valence-corrected chi connectivity index (χ0v) is 14.7. The van der Waals surface area contributed by atoms with Crippen LogP contribution in [0, 0.1) is 0 Å². The van der Waals surface area contributed by atoms with Crippen molar-refractivity contribution in [1.82, 2.24) is 0 Å². The highest BCUT2D eigenvalue weighted by atomic mass is 32.1. The highest BCUT2D eigenvalue weighted by Crippen LogP contribution is 2.41. The first kappa shape index (κ1) is 15.6. The molecule has 2 N–H and O–H groups in total. The van der Waals surface area contributed by atoms with Crippen LogP contribution >= 0.6 is 11.3 Å². The molecule has 0 saturated carbocycles. The quantitative estimate of drug-likeness (QED) is 0.457. The lowest BCUT2D eigenvalue weighted by atomic mass is 9.79. The van der Waals surface area contributed by atoms with Crippen LogP contribution in [0.5, 0.6) is 0 Å². The van der Waals surface area contributed by atoms with Gasteiger partial charge in [0.05, 0.1) is 0 Å². The minimum atomic E-state index is -1.46. The normalized spacial score (nSPS) is 11.5. The average molecular weight is 354 g/mol. The fourth-order valence-electron chi connectivity index (χ4n) is 3.62. The molecule has 124 valence electrons. The lowest BCUT2D eigenvalue weighted by molar-refractivity contribution is 0.426. The number of benzene rings is 4. The van der Waals surface area contributed by atoms with E-state index in [1.165, 1.54) is 30.9 Å². The maximum absolute atomic E-state index is 9.52. The Labute approximate surface area is 155 Å². The van der Waals surface area contributed by atoms with Crippen LogP contribution in [-0.4, -0.2) is 17.2 Å². The summed E-state index contributed by atoms with van der Waals surface area (Å²) >= 11 is 1.80. The minimum absolute atomic E-state index is 0.504. The monoisotopic (exact) mass is 354 g/mol. The number of hydrogen-bond donors (Lipinski definition) is 2. The molecule has 0 aliphatic heterocycles. The fourth-order valence-corrected chi connectivity index (χ4v) is 4.78. The summed E-state index contributed by atoms with van der Waals surface area (Å²) in [7, 11) is -1.46. The lowest BCUT2D eigenvalue weighted by Crippen LogP contribution is -2.29. The first-order valence-electron chi connectivity index (χ1n) is 8.51. The summed E-state index contributed by atoms with van der Waals surface area (Å²) in [5.74, 6) is 0. The Bertz CT molecular complexity index is 1270. The summed E-state index contributed by atoms with van der Waals surface area (Å²) in [5, 5.41) is 24.0. The zero-order valence-electron chi connectivity index (χ0n) is 13.9. The summed E-state index contributed by atoms with van der Waals surface area (Å²) < 4.78 is 2.51. The predicted octanol–water partition coefficient (Wildman–Crippen LogP) is 4.55. The number of hydrogen-bond acceptors (Lipinski definition) is 3. The first-order chi connectivity index (χ1) is 12.7. The minimum Gasteiger partial charge on any atom is -0.423 e. The maximum atomic E-state index is 9.52. The van der Waals surface area contributed by atoms with E-state index in [2.05, 4.69) is 54.6 Å². The molecule has 26 heavy (non-hydrogen) atoms. The van der Waals surface area contributed by atoms with E-state index >= 15 is 0 Å². The molecule has 0 amide bonds. The molecule has 0 spiro atoms. The summed E-state index contributed by atoms with van der Waals surface area (Å²) in [4.78, 5) is 0. The Hall–Kier alpha value is -2.66. The van der Waals surface area contributed by atoms with Crippen LogP contribution in [0.25, 0.3) is 42.1 Å². The first-order valence-corrected chi connectivity index (χ1v) is 9.33. The van der Waals surface area contributed by atoms with Crippen LogP contribution in [0.15, 0.2) is 78.9 Å². The summed E-state index contributed by atoms with van der Waals surface area (Å²) in [6.07, 6.45) is 0. The standard InChI is InChI=1S/C22H15BO2S/c24-23(25)17-8-3-7-16(11-17)18-9-4-10-20-22(18)19-12-14-5-1-2-6-15(14)13-21(19)26-20/h1-13,24-25H. The van der Waals surface area contributed by atoms with Crippen LogP contribution in [-0.2, 0) is 0 Å². The van der Waals surface area contributed by atoms with Crippen LogP contribution in [0.3, 0.4) is 0 Å². The highest BCUT2D eigenvalue weighted by molar-refractivity contribution is 7.26. The van der Waals surface area contributed by atoms with Crippen LogP contribution in [0.2, 0.25) is 0 Å². The molecule has 4 aromatic carbocycles. The summed E-state index contributed by atoms with van der Waals surface area (Å²) in [6, 6.07) is 26.7. The van der Waals surface area contributed by atoms with Crippen molar-refractivity contribution in [2.24, 2.45) is 0 Å². The van der Waals surface area contributed by atoms with Crippen molar-refractivity contribution in [1.29, 1.82) is 0 Å². The van der Waals surface area contributed by atoms with Gasteiger partial charge in [-0.2, -0.15) is 0 Å². The van der Waals surface area contributed by atoms with Crippen molar-refractivity contribution in [3.05, 3.63) is 78.9 Å². The van der Waals surface area contributed by atoms with E-state index in [1.54, 1.807) is 17.4 Å². The van der Waals surface area contributed by atoms with Gasteiger partial charge in [0.1, 0.15) is 0 Å². The third-order valence-corrected chi connectivity index (χ3v) is 5.98. The molecular weight excluding hydrogens is 339 g/mol. The smallest absolute Gasteiger partial charge is 0.423 e. The van der Waals surface area contributed by atoms with Crippen LogP contribution < -0.4 is 5.46 Å². The molecule has 0 unspecified atom stereocenters. The summed E-state index contributed by atoms with van der Waals surface area (Å²) in [6.45, 7) is 0. The van der Waals surface area contributed by atoms with Crippen molar-refractivity contribution in [2.75, 3.05) is 0 Å². The van der Waals surface area contributed by atoms with E-state index in [4.69, 9.17) is 0 Å². The SMILES string of the molecule is OB(O)c1cccc(-c2cccc3sc4cc5ccccc5cc4c23)c1. The van der Waals surface area contributed by atoms with Gasteiger partial charge in [-0.3, -0.25) is 0 Å². The van der Waals surface area contributed by atoms with Gasteiger partial charge in [-0.15, -0.1) is 11.3 Å². The molecule has 0 radical (unpaired) electrons. The van der Waals surface area contributed by atoms with Crippen molar-refractivity contribution in [3.8, 4) is 11.1 Å². The van der Waals surface area contributed by atoms with Crippen LogP contribution in [0.1, 0.15) is 0 Å². The molecule has 0 fully saturated rings. The molecule has 0 aliphatic carbocycles. The Kier molecular flexibility index (Phi) is 3.57. The molecule has 1 heterocycles. The molecule has 5 aromatic rings. The highest BCUT2D eigenvalue weighted by Gasteiger charge is 2.15. The van der Waals surface area contributed by atoms with Crippen LogP contribution in [0.4, 0.5) is 0 Å². The van der Waals surface area contributed by atoms with E-state index < -0.39 is 7.12 Å². The number of rotatable bonds is 2. The predicted molar refractivity (Wildman–Crippen MR) is 112 cm³/mol. The van der Waals surface area contributed by atoms with E-state index in [0.717, 1.165) is 11.1 Å².